The van der Waals surface area contributed by atoms with Crippen molar-refractivity contribution >= 4 is 12.0 Å². The number of hydrogen-bond acceptors (Lipinski definition) is 3. The van der Waals surface area contributed by atoms with E-state index in [2.05, 4.69) is 11.8 Å². The van der Waals surface area contributed by atoms with Crippen molar-refractivity contribution in [3.8, 4) is 11.8 Å². The van der Waals surface area contributed by atoms with Crippen LogP contribution < -0.4 is 0 Å². The van der Waals surface area contributed by atoms with Crippen LogP contribution in [0, 0.1) is 17.3 Å². The van der Waals surface area contributed by atoms with Crippen molar-refractivity contribution in [1.29, 1.82) is 0 Å². The van der Waals surface area contributed by atoms with Crippen LogP contribution in [0.15, 0.2) is 0 Å². The van der Waals surface area contributed by atoms with Crippen molar-refractivity contribution in [3.05, 3.63) is 0 Å². The fraction of sp³-hybridized carbons (Fsp3) is 0.750. The summed E-state index contributed by atoms with van der Waals surface area (Å²) in [5.41, 5.74) is -0.441. The summed E-state index contributed by atoms with van der Waals surface area (Å²) in [6, 6.07) is 0. The normalized spacial score (nSPS) is 25.0. The molecule has 116 valence electrons. The Morgan fingerprint density at radius 3 is 2.24 bits per heavy atom. The van der Waals surface area contributed by atoms with Crippen LogP contribution in [0.5, 0.6) is 0 Å². The molecular weight excluding hydrogens is 268 g/mol. The van der Waals surface area contributed by atoms with Crippen molar-refractivity contribution < 1.29 is 14.3 Å². The van der Waals surface area contributed by atoms with Gasteiger partial charge in [-0.25, -0.2) is 4.79 Å². The first kappa shape index (κ1) is 15.7. The molecule has 5 heteroatoms. The minimum absolute atomic E-state index is 0.0297. The summed E-state index contributed by atoms with van der Waals surface area (Å²) in [4.78, 5) is 27.5. The van der Waals surface area contributed by atoms with Crippen LogP contribution in [0.1, 0.15) is 40.5 Å². The van der Waals surface area contributed by atoms with Crippen LogP contribution in [0.2, 0.25) is 0 Å². The summed E-state index contributed by atoms with van der Waals surface area (Å²) < 4.78 is 5.42. The Kier molecular flexibility index (Phi) is 4.18. The molecule has 2 rings (SSSR count). The molecule has 0 bridgehead atoms. The molecule has 0 aromatic carbocycles. The van der Waals surface area contributed by atoms with Gasteiger partial charge in [-0.15, -0.1) is 0 Å². The van der Waals surface area contributed by atoms with Crippen molar-refractivity contribution in [1.82, 2.24) is 9.80 Å². The Labute approximate surface area is 126 Å². The Bertz CT molecular complexity index is 498. The lowest BCUT2D eigenvalue weighted by Crippen LogP contribution is -2.38. The number of rotatable bonds is 0. The molecule has 1 atom stereocenters. The maximum atomic E-state index is 12.1. The van der Waals surface area contributed by atoms with Crippen LogP contribution in [0.25, 0.3) is 0 Å². The van der Waals surface area contributed by atoms with Crippen LogP contribution in [0.3, 0.4) is 0 Å². The third-order valence-electron chi connectivity index (χ3n) is 4.05. The van der Waals surface area contributed by atoms with Crippen LogP contribution in [-0.4, -0.2) is 53.6 Å². The minimum Gasteiger partial charge on any atom is -0.444 e. The lowest BCUT2D eigenvalue weighted by atomic mass is 9.86. The van der Waals surface area contributed by atoms with E-state index < -0.39 is 5.60 Å². The Morgan fingerprint density at radius 2 is 1.67 bits per heavy atom. The highest BCUT2D eigenvalue weighted by Gasteiger charge is 2.46. The third-order valence-corrected chi connectivity index (χ3v) is 4.05. The molecule has 2 saturated heterocycles. The van der Waals surface area contributed by atoms with E-state index in [1.165, 1.54) is 0 Å². The average molecular weight is 292 g/mol. The van der Waals surface area contributed by atoms with E-state index in [0.29, 0.717) is 19.6 Å². The molecule has 5 nitrogen and oxygen atoms in total. The summed E-state index contributed by atoms with van der Waals surface area (Å²) in [7, 11) is 0. The molecule has 21 heavy (non-hydrogen) atoms. The average Bonchev–Trinajstić information content (AvgIpc) is 2.96. The predicted molar refractivity (Wildman–Crippen MR) is 79.5 cm³/mol. The SMILES string of the molecule is CC#CC(=O)N1CC[C@]2(CCN(C(=O)OC(C)(C)C)C2)C1. The topological polar surface area (TPSA) is 49.9 Å². The maximum absolute atomic E-state index is 12.1. The number of hydrogen-bond donors (Lipinski definition) is 0. The Hall–Kier alpha value is -1.70. The summed E-state index contributed by atoms with van der Waals surface area (Å²) >= 11 is 0. The largest absolute Gasteiger partial charge is 0.444 e. The van der Waals surface area contributed by atoms with Gasteiger partial charge in [-0.1, -0.05) is 5.92 Å². The lowest BCUT2D eigenvalue weighted by molar-refractivity contribution is -0.124. The molecule has 2 amide bonds. The van der Waals surface area contributed by atoms with Gasteiger partial charge in [0.05, 0.1) is 0 Å². The van der Waals surface area contributed by atoms with Gasteiger partial charge in [0.1, 0.15) is 5.60 Å². The number of ether oxygens (including phenoxy) is 1. The van der Waals surface area contributed by atoms with Gasteiger partial charge in [0.25, 0.3) is 5.91 Å². The first-order valence-corrected chi connectivity index (χ1v) is 7.44. The van der Waals surface area contributed by atoms with Gasteiger partial charge >= 0.3 is 6.09 Å². The zero-order valence-electron chi connectivity index (χ0n) is 13.4. The second-order valence-electron chi connectivity index (χ2n) is 7.00. The predicted octanol–water partition coefficient (Wildman–Crippen LogP) is 1.87. The third kappa shape index (κ3) is 3.69. The molecule has 2 aliphatic rings. The van der Waals surface area contributed by atoms with E-state index >= 15 is 0 Å². The molecule has 0 saturated carbocycles. The van der Waals surface area contributed by atoms with E-state index in [0.717, 1.165) is 19.4 Å². The van der Waals surface area contributed by atoms with Crippen LogP contribution >= 0.6 is 0 Å². The quantitative estimate of drug-likeness (QED) is 0.640. The molecule has 0 radical (unpaired) electrons. The highest BCUT2D eigenvalue weighted by atomic mass is 16.6. The monoisotopic (exact) mass is 292 g/mol. The molecule has 0 N–H and O–H groups in total. The van der Waals surface area contributed by atoms with Gasteiger partial charge < -0.3 is 14.5 Å². The maximum Gasteiger partial charge on any atom is 0.410 e. The van der Waals surface area contributed by atoms with Gasteiger partial charge in [0.15, 0.2) is 0 Å². The van der Waals surface area contributed by atoms with Crippen molar-refractivity contribution in [3.63, 3.8) is 0 Å². The van der Waals surface area contributed by atoms with Gasteiger partial charge in [-0.05, 0) is 46.5 Å². The summed E-state index contributed by atoms with van der Waals surface area (Å²) in [6.45, 7) is 10.1. The number of amides is 2. The van der Waals surface area contributed by atoms with Crippen molar-refractivity contribution in [2.24, 2.45) is 5.41 Å². The Balaban J connectivity index is 1.94. The molecule has 0 aromatic heterocycles. The molecule has 0 aliphatic carbocycles. The van der Waals surface area contributed by atoms with Gasteiger partial charge in [0.2, 0.25) is 0 Å². The zero-order chi connectivity index (χ0) is 15.7. The second kappa shape index (κ2) is 5.59. The summed E-state index contributed by atoms with van der Waals surface area (Å²) in [5, 5.41) is 0. The van der Waals surface area contributed by atoms with E-state index in [4.69, 9.17) is 4.74 Å². The number of carbonyl (C=O) groups is 2. The second-order valence-corrected chi connectivity index (χ2v) is 7.00. The van der Waals surface area contributed by atoms with E-state index in [1.807, 2.05) is 20.8 Å². The van der Waals surface area contributed by atoms with Gasteiger partial charge in [0, 0.05) is 31.6 Å². The highest BCUT2D eigenvalue weighted by Crippen LogP contribution is 2.39. The molecule has 2 fully saturated rings. The molecule has 0 unspecified atom stereocenters. The molecular formula is C16H24N2O3. The first-order chi connectivity index (χ1) is 9.75. The van der Waals surface area contributed by atoms with Crippen molar-refractivity contribution in [2.75, 3.05) is 26.2 Å². The molecule has 2 aliphatic heterocycles. The number of likely N-dealkylation sites (tertiary alicyclic amines) is 2. The van der Waals surface area contributed by atoms with Crippen molar-refractivity contribution in [2.45, 2.75) is 46.1 Å². The van der Waals surface area contributed by atoms with E-state index in [9.17, 15) is 9.59 Å². The highest BCUT2D eigenvalue weighted by molar-refractivity contribution is 5.93. The molecule has 2 heterocycles. The zero-order valence-corrected chi connectivity index (χ0v) is 13.4. The fourth-order valence-electron chi connectivity index (χ4n) is 3.05. The standard InChI is InChI=1S/C16H24N2O3/c1-5-6-13(19)17-9-7-16(11-17)8-10-18(12-16)14(20)21-15(2,3)4/h7-12H2,1-4H3/t16-/m0/s1. The van der Waals surface area contributed by atoms with E-state index in [1.54, 1.807) is 16.7 Å². The number of nitrogens with zero attached hydrogens (tertiary/aromatic N) is 2. The molecule has 0 aromatic rings. The van der Waals surface area contributed by atoms with E-state index in [-0.39, 0.29) is 17.4 Å². The molecule has 1 spiro atoms. The fourth-order valence-corrected chi connectivity index (χ4v) is 3.05. The summed E-state index contributed by atoms with van der Waals surface area (Å²) in [6.07, 6.45) is 1.61. The minimum atomic E-state index is -0.471. The van der Waals surface area contributed by atoms with Crippen LogP contribution in [0.4, 0.5) is 4.79 Å². The van der Waals surface area contributed by atoms with Gasteiger partial charge in [-0.2, -0.15) is 0 Å². The Morgan fingerprint density at radius 1 is 1.10 bits per heavy atom. The first-order valence-electron chi connectivity index (χ1n) is 7.44. The summed E-state index contributed by atoms with van der Waals surface area (Å²) in [5.74, 6) is 5.13. The smallest absolute Gasteiger partial charge is 0.410 e. The lowest BCUT2D eigenvalue weighted by Gasteiger charge is -2.26. The van der Waals surface area contributed by atoms with Gasteiger partial charge in [-0.3, -0.25) is 4.79 Å². The number of carbonyl (C=O) groups excluding carboxylic acids is 2. The van der Waals surface area contributed by atoms with Crippen LogP contribution in [-0.2, 0) is 9.53 Å².